The summed E-state index contributed by atoms with van der Waals surface area (Å²) >= 11 is 0. The molecule has 3 aromatic rings. The van der Waals surface area contributed by atoms with Crippen molar-refractivity contribution in [2.75, 3.05) is 19.0 Å². The molecule has 144 valence electrons. The second-order valence-electron chi connectivity index (χ2n) is 6.63. The van der Waals surface area contributed by atoms with Crippen molar-refractivity contribution in [3.63, 3.8) is 0 Å². The molecule has 0 aliphatic carbocycles. The highest BCUT2D eigenvalue weighted by Gasteiger charge is 2.17. The maximum Gasteiger partial charge on any atom is 0.272 e. The van der Waals surface area contributed by atoms with E-state index >= 15 is 0 Å². The summed E-state index contributed by atoms with van der Waals surface area (Å²) < 4.78 is 13.2. The minimum Gasteiger partial charge on any atom is -0.493 e. The van der Waals surface area contributed by atoms with Crippen LogP contribution in [0.5, 0.6) is 17.4 Å². The third-order valence-electron chi connectivity index (χ3n) is 4.65. The molecule has 7 heteroatoms. The predicted molar refractivity (Wildman–Crippen MR) is 106 cm³/mol. The molecule has 1 amide bonds. The van der Waals surface area contributed by atoms with Crippen LogP contribution in [0.3, 0.4) is 0 Å². The van der Waals surface area contributed by atoms with Crippen LogP contribution in [0.4, 0.5) is 5.69 Å². The number of carbonyl (C=O) groups excluding carboxylic acids is 1. The van der Waals surface area contributed by atoms with Crippen LogP contribution >= 0.6 is 0 Å². The zero-order chi connectivity index (χ0) is 19.5. The quantitative estimate of drug-likeness (QED) is 0.712. The van der Waals surface area contributed by atoms with Crippen molar-refractivity contribution in [3.8, 4) is 17.4 Å². The van der Waals surface area contributed by atoms with E-state index in [4.69, 9.17) is 9.47 Å². The molecule has 0 radical (unpaired) electrons. The van der Waals surface area contributed by atoms with Crippen molar-refractivity contribution in [3.05, 3.63) is 65.6 Å². The molecule has 7 nitrogen and oxygen atoms in total. The highest BCUT2D eigenvalue weighted by molar-refractivity contribution is 6.03. The molecule has 0 unspecified atom stereocenters. The fourth-order valence-corrected chi connectivity index (χ4v) is 3.22. The van der Waals surface area contributed by atoms with Crippen molar-refractivity contribution in [2.24, 2.45) is 0 Å². The molecule has 0 spiro atoms. The molecule has 1 aliphatic heterocycles. The van der Waals surface area contributed by atoms with Gasteiger partial charge < -0.3 is 24.7 Å². The van der Waals surface area contributed by atoms with Gasteiger partial charge in [-0.15, -0.1) is 0 Å². The van der Waals surface area contributed by atoms with Crippen LogP contribution in [0.1, 0.15) is 21.7 Å². The summed E-state index contributed by atoms with van der Waals surface area (Å²) in [6, 6.07) is 13.0. The molecule has 2 aromatic heterocycles. The van der Waals surface area contributed by atoms with Crippen molar-refractivity contribution < 1.29 is 14.3 Å². The molecule has 0 bridgehead atoms. The molecule has 3 heterocycles. The Morgan fingerprint density at radius 2 is 2.07 bits per heavy atom. The van der Waals surface area contributed by atoms with Gasteiger partial charge in [-0.1, -0.05) is 6.07 Å². The summed E-state index contributed by atoms with van der Waals surface area (Å²) in [7, 11) is 1.60. The fraction of sp³-hybridized carbons (Fsp3) is 0.238. The average Bonchev–Trinajstić information content (AvgIpc) is 3.15. The maximum atomic E-state index is 12.6. The Labute approximate surface area is 163 Å². The van der Waals surface area contributed by atoms with E-state index in [0.29, 0.717) is 28.8 Å². The highest BCUT2D eigenvalue weighted by atomic mass is 16.5. The molecule has 0 saturated heterocycles. The van der Waals surface area contributed by atoms with Crippen molar-refractivity contribution >= 4 is 11.6 Å². The third-order valence-corrected chi connectivity index (χ3v) is 4.65. The van der Waals surface area contributed by atoms with Crippen LogP contribution in [0.25, 0.3) is 0 Å². The first-order chi connectivity index (χ1) is 13.6. The number of aryl methyl sites for hydroxylation is 1. The highest BCUT2D eigenvalue weighted by Crippen LogP contribution is 2.31. The van der Waals surface area contributed by atoms with Crippen LogP contribution in [-0.2, 0) is 13.1 Å². The SMILES string of the molecule is COc1cc(C)ccc1Oc1ccc(NC(=O)c2ccc3n2CCNC3)cn1. The van der Waals surface area contributed by atoms with Crippen LogP contribution in [0, 0.1) is 6.92 Å². The summed E-state index contributed by atoms with van der Waals surface area (Å²) in [6.45, 7) is 4.41. The van der Waals surface area contributed by atoms with Gasteiger partial charge in [-0.3, -0.25) is 4.79 Å². The van der Waals surface area contributed by atoms with E-state index in [9.17, 15) is 4.79 Å². The van der Waals surface area contributed by atoms with Gasteiger partial charge in [0.05, 0.1) is 19.0 Å². The number of ether oxygens (including phenoxy) is 2. The Balaban J connectivity index is 1.45. The van der Waals surface area contributed by atoms with Gasteiger partial charge >= 0.3 is 0 Å². The number of hydrogen-bond acceptors (Lipinski definition) is 5. The summed E-state index contributed by atoms with van der Waals surface area (Å²) in [6.07, 6.45) is 1.58. The van der Waals surface area contributed by atoms with E-state index in [1.807, 2.05) is 41.8 Å². The van der Waals surface area contributed by atoms with Gasteiger partial charge in [-0.2, -0.15) is 0 Å². The van der Waals surface area contributed by atoms with E-state index in [2.05, 4.69) is 15.6 Å². The lowest BCUT2D eigenvalue weighted by atomic mass is 10.2. The number of aromatic nitrogens is 2. The number of nitrogens with one attached hydrogen (secondary N) is 2. The summed E-state index contributed by atoms with van der Waals surface area (Å²) in [5.41, 5.74) is 3.46. The molecule has 0 atom stereocenters. The maximum absolute atomic E-state index is 12.6. The number of pyridine rings is 1. The first-order valence-electron chi connectivity index (χ1n) is 9.13. The van der Waals surface area contributed by atoms with Crippen LogP contribution in [0.2, 0.25) is 0 Å². The number of nitrogens with zero attached hydrogens (tertiary/aromatic N) is 2. The first-order valence-corrected chi connectivity index (χ1v) is 9.13. The molecule has 1 aliphatic rings. The van der Waals surface area contributed by atoms with Gasteiger partial charge in [0.2, 0.25) is 5.88 Å². The lowest BCUT2D eigenvalue weighted by molar-refractivity contribution is 0.101. The number of methoxy groups -OCH3 is 1. The Morgan fingerprint density at radius 3 is 2.86 bits per heavy atom. The van der Waals surface area contributed by atoms with Gasteiger partial charge in [0.25, 0.3) is 5.91 Å². The number of rotatable bonds is 5. The van der Waals surface area contributed by atoms with E-state index in [-0.39, 0.29) is 5.91 Å². The van der Waals surface area contributed by atoms with Crippen molar-refractivity contribution in [1.29, 1.82) is 0 Å². The minimum absolute atomic E-state index is 0.149. The number of amides is 1. The standard InChI is InChI=1S/C21H22N4O3/c1-14-3-7-18(19(11-14)27-2)28-20-8-4-15(12-23-20)24-21(26)17-6-5-16-13-22-9-10-25(16)17/h3-8,11-12,22H,9-10,13H2,1-2H3,(H,24,26). The largest absolute Gasteiger partial charge is 0.493 e. The fourth-order valence-electron chi connectivity index (χ4n) is 3.22. The zero-order valence-corrected chi connectivity index (χ0v) is 15.9. The molecule has 0 saturated carbocycles. The van der Waals surface area contributed by atoms with Gasteiger partial charge in [0.1, 0.15) is 5.69 Å². The monoisotopic (exact) mass is 378 g/mol. The Kier molecular flexibility index (Phi) is 4.99. The van der Waals surface area contributed by atoms with Crippen LogP contribution in [-0.4, -0.2) is 29.1 Å². The molecule has 0 fully saturated rings. The van der Waals surface area contributed by atoms with E-state index in [0.717, 1.165) is 30.9 Å². The zero-order valence-electron chi connectivity index (χ0n) is 15.9. The van der Waals surface area contributed by atoms with Gasteiger partial charge in [-0.05, 0) is 42.8 Å². The Morgan fingerprint density at radius 1 is 1.18 bits per heavy atom. The lowest BCUT2D eigenvalue weighted by Gasteiger charge is -2.18. The van der Waals surface area contributed by atoms with Gasteiger partial charge in [0.15, 0.2) is 11.5 Å². The van der Waals surface area contributed by atoms with E-state index < -0.39 is 0 Å². The van der Waals surface area contributed by atoms with Gasteiger partial charge in [-0.25, -0.2) is 4.98 Å². The molecule has 4 rings (SSSR count). The molecule has 2 N–H and O–H groups in total. The average molecular weight is 378 g/mol. The number of carbonyl (C=O) groups is 1. The van der Waals surface area contributed by atoms with Gasteiger partial charge in [0, 0.05) is 31.4 Å². The smallest absolute Gasteiger partial charge is 0.272 e. The number of fused-ring (bicyclic) bond motifs is 1. The minimum atomic E-state index is -0.149. The topological polar surface area (TPSA) is 77.4 Å². The third kappa shape index (κ3) is 3.70. The predicted octanol–water partition coefficient (Wildman–Crippen LogP) is 3.35. The number of benzene rings is 1. The second kappa shape index (κ2) is 7.74. The van der Waals surface area contributed by atoms with E-state index in [1.165, 1.54) is 0 Å². The summed E-state index contributed by atoms with van der Waals surface area (Å²) in [5.74, 6) is 1.51. The summed E-state index contributed by atoms with van der Waals surface area (Å²) in [5, 5.41) is 6.19. The normalized spacial score (nSPS) is 12.9. The molecule has 1 aromatic carbocycles. The summed E-state index contributed by atoms with van der Waals surface area (Å²) in [4.78, 5) is 16.9. The van der Waals surface area contributed by atoms with Crippen LogP contribution < -0.4 is 20.1 Å². The van der Waals surface area contributed by atoms with Crippen molar-refractivity contribution in [2.45, 2.75) is 20.0 Å². The second-order valence-corrected chi connectivity index (χ2v) is 6.63. The van der Waals surface area contributed by atoms with E-state index in [1.54, 1.807) is 25.4 Å². The number of anilines is 1. The lowest BCUT2D eigenvalue weighted by Crippen LogP contribution is -2.30. The van der Waals surface area contributed by atoms with Crippen LogP contribution in [0.15, 0.2) is 48.7 Å². The number of hydrogen-bond donors (Lipinski definition) is 2. The Bertz CT molecular complexity index is 995. The molecule has 28 heavy (non-hydrogen) atoms. The van der Waals surface area contributed by atoms with Crippen molar-refractivity contribution in [1.82, 2.24) is 14.9 Å². The molecular weight excluding hydrogens is 356 g/mol. The first kappa shape index (κ1) is 18.1. The Hall–Kier alpha value is -3.32. The molecular formula is C21H22N4O3.